The summed E-state index contributed by atoms with van der Waals surface area (Å²) in [5.41, 5.74) is 2.46. The van der Waals surface area contributed by atoms with Crippen LogP contribution in [0.2, 0.25) is 10.0 Å². The number of benzene rings is 2. The first-order valence-electron chi connectivity index (χ1n) is 7.70. The number of nitrogens with zero attached hydrogens (tertiary/aromatic N) is 1. The smallest absolute Gasteiger partial charge is 0.319 e. The third-order valence-electron chi connectivity index (χ3n) is 3.53. The minimum absolute atomic E-state index is 0.268. The zero-order valence-electron chi connectivity index (χ0n) is 13.2. The van der Waals surface area contributed by atoms with Gasteiger partial charge in [0, 0.05) is 46.1 Å². The second-order valence-electron chi connectivity index (χ2n) is 5.33. The van der Waals surface area contributed by atoms with Crippen molar-refractivity contribution >= 4 is 51.5 Å². The molecule has 0 atom stereocenters. The maximum absolute atomic E-state index is 11.9. The topological polar surface area (TPSA) is 66.0 Å². The molecule has 128 valence electrons. The second kappa shape index (κ2) is 8.05. The molecule has 2 aromatic carbocycles. The van der Waals surface area contributed by atoms with Crippen molar-refractivity contribution in [3.63, 3.8) is 0 Å². The summed E-state index contributed by atoms with van der Waals surface area (Å²) in [7, 11) is 0. The predicted molar refractivity (Wildman–Crippen MR) is 104 cm³/mol. The van der Waals surface area contributed by atoms with Gasteiger partial charge in [0.05, 0.1) is 5.52 Å². The number of hydrogen-bond acceptors (Lipinski definition) is 3. The Kier molecular flexibility index (Phi) is 5.58. The number of aromatic nitrogens is 1. The number of fused-ring (bicyclic) bond motifs is 1. The summed E-state index contributed by atoms with van der Waals surface area (Å²) in [6, 6.07) is 14.1. The van der Waals surface area contributed by atoms with Crippen molar-refractivity contribution in [2.75, 3.05) is 23.7 Å². The predicted octanol–water partition coefficient (Wildman–Crippen LogP) is 4.78. The fraction of sp³-hybridized carbons (Fsp3) is 0.111. The molecule has 0 unspecified atom stereocenters. The molecule has 25 heavy (non-hydrogen) atoms. The van der Waals surface area contributed by atoms with E-state index in [0.29, 0.717) is 28.8 Å². The van der Waals surface area contributed by atoms with Gasteiger partial charge in [-0.3, -0.25) is 4.98 Å². The number of pyridine rings is 1. The summed E-state index contributed by atoms with van der Waals surface area (Å²) in [4.78, 5) is 16.1. The van der Waals surface area contributed by atoms with Gasteiger partial charge in [-0.15, -0.1) is 0 Å². The van der Waals surface area contributed by atoms with Crippen molar-refractivity contribution in [1.82, 2.24) is 10.3 Å². The molecule has 0 aliphatic rings. The molecule has 0 spiro atoms. The molecule has 3 N–H and O–H groups in total. The van der Waals surface area contributed by atoms with E-state index in [-0.39, 0.29) is 6.03 Å². The lowest BCUT2D eigenvalue weighted by Crippen LogP contribution is -2.32. The van der Waals surface area contributed by atoms with Crippen LogP contribution in [0, 0.1) is 0 Å². The Morgan fingerprint density at radius 1 is 0.960 bits per heavy atom. The number of hydrogen-bond donors (Lipinski definition) is 3. The zero-order chi connectivity index (χ0) is 17.6. The number of anilines is 2. The fourth-order valence-electron chi connectivity index (χ4n) is 2.36. The van der Waals surface area contributed by atoms with Gasteiger partial charge >= 0.3 is 6.03 Å². The SMILES string of the molecule is O=C(NCCNc1ccnc2cc(Cl)ccc12)Nc1ccc(Cl)cc1. The zero-order valence-corrected chi connectivity index (χ0v) is 14.7. The van der Waals surface area contributed by atoms with E-state index in [1.807, 2.05) is 24.3 Å². The van der Waals surface area contributed by atoms with E-state index >= 15 is 0 Å². The number of urea groups is 1. The molecule has 0 aliphatic heterocycles. The van der Waals surface area contributed by atoms with Crippen molar-refractivity contribution < 1.29 is 4.79 Å². The highest BCUT2D eigenvalue weighted by molar-refractivity contribution is 6.31. The minimum atomic E-state index is -0.268. The van der Waals surface area contributed by atoms with Crippen LogP contribution in [0.25, 0.3) is 10.9 Å². The van der Waals surface area contributed by atoms with Gasteiger partial charge in [0.2, 0.25) is 0 Å². The summed E-state index contributed by atoms with van der Waals surface area (Å²) < 4.78 is 0. The molecule has 3 aromatic rings. The van der Waals surface area contributed by atoms with Crippen LogP contribution in [0.1, 0.15) is 0 Å². The third-order valence-corrected chi connectivity index (χ3v) is 4.02. The molecule has 7 heteroatoms. The Hall–Kier alpha value is -2.50. The molecule has 2 amide bonds. The van der Waals surface area contributed by atoms with Gasteiger partial charge in [0.1, 0.15) is 0 Å². The Morgan fingerprint density at radius 3 is 2.52 bits per heavy atom. The molecule has 1 heterocycles. The van der Waals surface area contributed by atoms with Gasteiger partial charge in [-0.25, -0.2) is 4.79 Å². The average molecular weight is 375 g/mol. The molecular weight excluding hydrogens is 359 g/mol. The van der Waals surface area contributed by atoms with Crippen LogP contribution in [0.4, 0.5) is 16.2 Å². The Bertz CT molecular complexity index is 884. The van der Waals surface area contributed by atoms with Gasteiger partial charge in [0.15, 0.2) is 0 Å². The van der Waals surface area contributed by atoms with E-state index in [2.05, 4.69) is 20.9 Å². The number of amides is 2. The third kappa shape index (κ3) is 4.75. The molecule has 0 aliphatic carbocycles. The summed E-state index contributed by atoms with van der Waals surface area (Å²) in [6.45, 7) is 1.05. The minimum Gasteiger partial charge on any atom is -0.383 e. The van der Waals surface area contributed by atoms with E-state index in [1.165, 1.54) is 0 Å². The van der Waals surface area contributed by atoms with Crippen molar-refractivity contribution in [2.24, 2.45) is 0 Å². The lowest BCUT2D eigenvalue weighted by Gasteiger charge is -2.11. The van der Waals surface area contributed by atoms with Crippen LogP contribution >= 0.6 is 23.2 Å². The van der Waals surface area contributed by atoms with Gasteiger partial charge in [-0.05, 0) is 48.5 Å². The van der Waals surface area contributed by atoms with Gasteiger partial charge in [0.25, 0.3) is 0 Å². The molecule has 0 fully saturated rings. The average Bonchev–Trinajstić information content (AvgIpc) is 2.60. The van der Waals surface area contributed by atoms with Gasteiger partial charge < -0.3 is 16.0 Å². The molecule has 1 aromatic heterocycles. The molecule has 0 saturated heterocycles. The molecule has 0 bridgehead atoms. The van der Waals surface area contributed by atoms with Gasteiger partial charge in [-0.2, -0.15) is 0 Å². The second-order valence-corrected chi connectivity index (χ2v) is 6.21. The first kappa shape index (κ1) is 17.3. The van der Waals surface area contributed by atoms with Crippen molar-refractivity contribution in [3.8, 4) is 0 Å². The van der Waals surface area contributed by atoms with Crippen LogP contribution in [-0.4, -0.2) is 24.1 Å². The quantitative estimate of drug-likeness (QED) is 0.563. The normalized spacial score (nSPS) is 10.5. The van der Waals surface area contributed by atoms with Crippen molar-refractivity contribution in [2.45, 2.75) is 0 Å². The van der Waals surface area contributed by atoms with Crippen LogP contribution in [0.5, 0.6) is 0 Å². The van der Waals surface area contributed by atoms with E-state index in [0.717, 1.165) is 16.6 Å². The lowest BCUT2D eigenvalue weighted by molar-refractivity contribution is 0.252. The highest BCUT2D eigenvalue weighted by Crippen LogP contribution is 2.24. The summed E-state index contributed by atoms with van der Waals surface area (Å²) >= 11 is 11.8. The number of nitrogens with one attached hydrogen (secondary N) is 3. The Balaban J connectivity index is 1.50. The molecule has 3 rings (SSSR count). The van der Waals surface area contributed by atoms with E-state index in [4.69, 9.17) is 23.2 Å². The molecule has 0 radical (unpaired) electrons. The molecular formula is C18H16Cl2N4O. The number of carbonyl (C=O) groups excluding carboxylic acids is 1. The van der Waals surface area contributed by atoms with Crippen LogP contribution in [-0.2, 0) is 0 Å². The first-order valence-corrected chi connectivity index (χ1v) is 8.46. The summed E-state index contributed by atoms with van der Waals surface area (Å²) in [5, 5.41) is 11.1. The monoisotopic (exact) mass is 374 g/mol. The molecule has 0 saturated carbocycles. The van der Waals surface area contributed by atoms with E-state index < -0.39 is 0 Å². The Labute approximate surface area is 155 Å². The highest BCUT2D eigenvalue weighted by atomic mass is 35.5. The summed E-state index contributed by atoms with van der Waals surface area (Å²) in [5.74, 6) is 0. The Morgan fingerprint density at radius 2 is 1.72 bits per heavy atom. The van der Waals surface area contributed by atoms with Crippen LogP contribution in [0.3, 0.4) is 0 Å². The van der Waals surface area contributed by atoms with Gasteiger partial charge in [-0.1, -0.05) is 23.2 Å². The summed E-state index contributed by atoms with van der Waals surface area (Å²) in [6.07, 6.45) is 1.72. The van der Waals surface area contributed by atoms with Crippen LogP contribution < -0.4 is 16.0 Å². The van der Waals surface area contributed by atoms with E-state index in [1.54, 1.807) is 30.5 Å². The van der Waals surface area contributed by atoms with Crippen molar-refractivity contribution in [3.05, 3.63) is 64.8 Å². The maximum Gasteiger partial charge on any atom is 0.319 e. The molecule has 5 nitrogen and oxygen atoms in total. The lowest BCUT2D eigenvalue weighted by atomic mass is 10.2. The largest absolute Gasteiger partial charge is 0.383 e. The van der Waals surface area contributed by atoms with Crippen LogP contribution in [0.15, 0.2) is 54.7 Å². The number of rotatable bonds is 5. The number of halogens is 2. The fourth-order valence-corrected chi connectivity index (χ4v) is 2.65. The number of carbonyl (C=O) groups is 1. The standard InChI is InChI=1S/C18H16Cl2N4O/c19-12-1-4-14(5-2-12)24-18(25)23-10-9-22-16-7-8-21-17-11-13(20)3-6-15(16)17/h1-8,11H,9-10H2,(H,21,22)(H2,23,24,25). The van der Waals surface area contributed by atoms with Crippen molar-refractivity contribution in [1.29, 1.82) is 0 Å². The van der Waals surface area contributed by atoms with E-state index in [9.17, 15) is 4.79 Å². The first-order chi connectivity index (χ1) is 12.1. The maximum atomic E-state index is 11.9. The highest BCUT2D eigenvalue weighted by Gasteiger charge is 2.03.